The fourth-order valence-electron chi connectivity index (χ4n) is 2.70. The highest BCUT2D eigenvalue weighted by molar-refractivity contribution is 7.99. The van der Waals surface area contributed by atoms with Crippen molar-refractivity contribution in [3.8, 4) is 0 Å². The first kappa shape index (κ1) is 10.8. The van der Waals surface area contributed by atoms with E-state index in [0.717, 1.165) is 18.0 Å². The standard InChI is InChI=1S/C11H22N2S/c1-12-7-9-3-4-11(9)13(2)10-5-6-14-8-10/h9-12H,3-8H2,1-2H3. The van der Waals surface area contributed by atoms with E-state index in [0.29, 0.717) is 0 Å². The molecule has 2 fully saturated rings. The molecule has 3 atom stereocenters. The predicted octanol–water partition coefficient (Wildman–Crippen LogP) is 1.42. The van der Waals surface area contributed by atoms with Crippen LogP contribution in [-0.4, -0.2) is 49.1 Å². The molecule has 1 aliphatic carbocycles. The fourth-order valence-corrected chi connectivity index (χ4v) is 3.98. The third kappa shape index (κ3) is 2.10. The van der Waals surface area contributed by atoms with E-state index in [4.69, 9.17) is 0 Å². The first-order chi connectivity index (χ1) is 6.83. The van der Waals surface area contributed by atoms with Gasteiger partial charge in [0.15, 0.2) is 0 Å². The zero-order valence-corrected chi connectivity index (χ0v) is 10.1. The second kappa shape index (κ2) is 4.86. The lowest BCUT2D eigenvalue weighted by Crippen LogP contribution is -2.52. The van der Waals surface area contributed by atoms with E-state index >= 15 is 0 Å². The van der Waals surface area contributed by atoms with Gasteiger partial charge in [-0.25, -0.2) is 0 Å². The molecular weight excluding hydrogens is 192 g/mol. The lowest BCUT2D eigenvalue weighted by molar-refractivity contribution is 0.0586. The van der Waals surface area contributed by atoms with Crippen LogP contribution in [0.15, 0.2) is 0 Å². The molecular formula is C11H22N2S. The maximum Gasteiger partial charge on any atom is 0.0194 e. The number of thioether (sulfide) groups is 1. The van der Waals surface area contributed by atoms with E-state index < -0.39 is 0 Å². The van der Waals surface area contributed by atoms with Gasteiger partial charge in [-0.15, -0.1) is 0 Å². The Morgan fingerprint density at radius 3 is 2.71 bits per heavy atom. The van der Waals surface area contributed by atoms with Gasteiger partial charge in [0.25, 0.3) is 0 Å². The molecule has 1 heterocycles. The van der Waals surface area contributed by atoms with E-state index in [1.807, 2.05) is 0 Å². The van der Waals surface area contributed by atoms with Gasteiger partial charge in [0.2, 0.25) is 0 Å². The van der Waals surface area contributed by atoms with E-state index in [1.54, 1.807) is 0 Å². The Morgan fingerprint density at radius 1 is 1.36 bits per heavy atom. The summed E-state index contributed by atoms with van der Waals surface area (Å²) in [6.07, 6.45) is 4.25. The van der Waals surface area contributed by atoms with Crippen LogP contribution in [0.5, 0.6) is 0 Å². The zero-order chi connectivity index (χ0) is 9.97. The van der Waals surface area contributed by atoms with Crippen LogP contribution < -0.4 is 5.32 Å². The van der Waals surface area contributed by atoms with E-state index in [-0.39, 0.29) is 0 Å². The Bertz CT molecular complexity index is 180. The van der Waals surface area contributed by atoms with Crippen molar-refractivity contribution in [3.05, 3.63) is 0 Å². The molecule has 2 rings (SSSR count). The lowest BCUT2D eigenvalue weighted by atomic mass is 9.78. The molecule has 1 N–H and O–H groups in total. The van der Waals surface area contributed by atoms with E-state index in [2.05, 4.69) is 36.1 Å². The van der Waals surface area contributed by atoms with Gasteiger partial charge in [-0.05, 0) is 51.6 Å². The van der Waals surface area contributed by atoms with Crippen LogP contribution in [0.25, 0.3) is 0 Å². The minimum atomic E-state index is 0.865. The van der Waals surface area contributed by atoms with Crippen molar-refractivity contribution in [2.24, 2.45) is 5.92 Å². The van der Waals surface area contributed by atoms with Gasteiger partial charge in [-0.2, -0.15) is 11.8 Å². The van der Waals surface area contributed by atoms with Crippen molar-refractivity contribution >= 4 is 11.8 Å². The molecule has 0 aromatic heterocycles. The van der Waals surface area contributed by atoms with Crippen molar-refractivity contribution < 1.29 is 0 Å². The molecule has 82 valence electrons. The van der Waals surface area contributed by atoms with Crippen molar-refractivity contribution in [1.82, 2.24) is 10.2 Å². The van der Waals surface area contributed by atoms with Crippen LogP contribution in [-0.2, 0) is 0 Å². The minimum absolute atomic E-state index is 0.865. The molecule has 1 saturated carbocycles. The first-order valence-electron chi connectivity index (χ1n) is 5.77. The largest absolute Gasteiger partial charge is 0.319 e. The Labute approximate surface area is 91.8 Å². The van der Waals surface area contributed by atoms with Crippen LogP contribution in [0.3, 0.4) is 0 Å². The highest BCUT2D eigenvalue weighted by atomic mass is 32.2. The number of nitrogens with one attached hydrogen (secondary N) is 1. The maximum absolute atomic E-state index is 3.31. The Balaban J connectivity index is 1.81. The van der Waals surface area contributed by atoms with Gasteiger partial charge in [0.1, 0.15) is 0 Å². The summed E-state index contributed by atoms with van der Waals surface area (Å²) in [5.41, 5.74) is 0. The second-order valence-corrected chi connectivity index (χ2v) is 5.80. The molecule has 2 aliphatic rings. The Morgan fingerprint density at radius 2 is 2.21 bits per heavy atom. The van der Waals surface area contributed by atoms with Crippen LogP contribution in [0.1, 0.15) is 19.3 Å². The molecule has 3 unspecified atom stereocenters. The Hall–Kier alpha value is 0.270. The first-order valence-corrected chi connectivity index (χ1v) is 6.92. The predicted molar refractivity (Wildman–Crippen MR) is 63.9 cm³/mol. The highest BCUT2D eigenvalue weighted by Gasteiger charge is 2.36. The number of rotatable bonds is 4. The Kier molecular flexibility index (Phi) is 3.74. The van der Waals surface area contributed by atoms with Crippen LogP contribution >= 0.6 is 11.8 Å². The molecule has 0 spiro atoms. The monoisotopic (exact) mass is 214 g/mol. The zero-order valence-electron chi connectivity index (χ0n) is 9.33. The van der Waals surface area contributed by atoms with Crippen LogP contribution in [0.2, 0.25) is 0 Å². The van der Waals surface area contributed by atoms with Gasteiger partial charge in [-0.3, -0.25) is 4.90 Å². The topological polar surface area (TPSA) is 15.3 Å². The van der Waals surface area contributed by atoms with Crippen molar-refractivity contribution in [2.45, 2.75) is 31.3 Å². The maximum atomic E-state index is 3.31. The average molecular weight is 214 g/mol. The highest BCUT2D eigenvalue weighted by Crippen LogP contribution is 2.34. The molecule has 0 radical (unpaired) electrons. The van der Waals surface area contributed by atoms with Crippen molar-refractivity contribution in [2.75, 3.05) is 32.1 Å². The molecule has 0 aromatic rings. The third-order valence-corrected chi connectivity index (χ3v) is 4.99. The van der Waals surface area contributed by atoms with E-state index in [9.17, 15) is 0 Å². The summed E-state index contributed by atoms with van der Waals surface area (Å²) in [6.45, 7) is 1.20. The average Bonchev–Trinajstić information content (AvgIpc) is 2.65. The van der Waals surface area contributed by atoms with Crippen molar-refractivity contribution in [1.29, 1.82) is 0 Å². The van der Waals surface area contributed by atoms with Gasteiger partial charge >= 0.3 is 0 Å². The number of hydrogen-bond acceptors (Lipinski definition) is 3. The smallest absolute Gasteiger partial charge is 0.0194 e. The van der Waals surface area contributed by atoms with Gasteiger partial charge < -0.3 is 5.32 Å². The number of nitrogens with zero attached hydrogens (tertiary/aromatic N) is 1. The summed E-state index contributed by atoms with van der Waals surface area (Å²) >= 11 is 2.12. The summed E-state index contributed by atoms with van der Waals surface area (Å²) in [5, 5.41) is 3.31. The molecule has 14 heavy (non-hydrogen) atoms. The molecule has 1 aliphatic heterocycles. The second-order valence-electron chi connectivity index (χ2n) is 4.65. The quantitative estimate of drug-likeness (QED) is 0.762. The summed E-state index contributed by atoms with van der Waals surface area (Å²) in [7, 11) is 4.41. The fraction of sp³-hybridized carbons (Fsp3) is 1.00. The van der Waals surface area contributed by atoms with Gasteiger partial charge in [0.05, 0.1) is 0 Å². The van der Waals surface area contributed by atoms with E-state index in [1.165, 1.54) is 37.3 Å². The third-order valence-electron chi connectivity index (χ3n) is 3.85. The minimum Gasteiger partial charge on any atom is -0.319 e. The molecule has 0 amide bonds. The molecule has 0 bridgehead atoms. The van der Waals surface area contributed by atoms with Crippen LogP contribution in [0.4, 0.5) is 0 Å². The van der Waals surface area contributed by atoms with Crippen molar-refractivity contribution in [3.63, 3.8) is 0 Å². The molecule has 2 nitrogen and oxygen atoms in total. The van der Waals surface area contributed by atoms with Crippen LogP contribution in [0, 0.1) is 5.92 Å². The number of hydrogen-bond donors (Lipinski definition) is 1. The molecule has 3 heteroatoms. The summed E-state index contributed by atoms with van der Waals surface area (Å²) < 4.78 is 0. The molecule has 1 saturated heterocycles. The van der Waals surface area contributed by atoms with Gasteiger partial charge in [0, 0.05) is 17.8 Å². The SMILES string of the molecule is CNCC1CCC1N(C)C1CCSC1. The summed E-state index contributed by atoms with van der Waals surface area (Å²) in [4.78, 5) is 2.66. The molecule has 0 aromatic carbocycles. The van der Waals surface area contributed by atoms with Gasteiger partial charge in [-0.1, -0.05) is 0 Å². The normalized spacial score (nSPS) is 37.5. The summed E-state index contributed by atoms with van der Waals surface area (Å²) in [6, 6.07) is 1.73. The lowest BCUT2D eigenvalue weighted by Gasteiger charge is -2.45. The summed E-state index contributed by atoms with van der Waals surface area (Å²) in [5.74, 6) is 3.65.